The number of carbonyl (C=O) groups excluding carboxylic acids is 2. The first-order valence-corrected chi connectivity index (χ1v) is 7.45. The summed E-state index contributed by atoms with van der Waals surface area (Å²) >= 11 is 0. The number of fused-ring (bicyclic) bond motifs is 1. The molecule has 2 aromatic rings. The molecular formula is C14H13NaO7S. The first kappa shape index (κ1) is 19.6. The van der Waals surface area contributed by atoms with Gasteiger partial charge >= 0.3 is 41.5 Å². The van der Waals surface area contributed by atoms with Gasteiger partial charge in [0.2, 0.25) is 0 Å². The monoisotopic (exact) mass is 348 g/mol. The van der Waals surface area contributed by atoms with Crippen LogP contribution >= 0.6 is 0 Å². The second-order valence-corrected chi connectivity index (χ2v) is 5.69. The maximum Gasteiger partial charge on any atom is 1.00 e. The van der Waals surface area contributed by atoms with E-state index in [2.05, 4.69) is 9.47 Å². The van der Waals surface area contributed by atoms with Gasteiger partial charge in [0.15, 0.2) is 0 Å². The molecule has 0 saturated heterocycles. The van der Waals surface area contributed by atoms with E-state index >= 15 is 0 Å². The fourth-order valence-electron chi connectivity index (χ4n) is 2.17. The summed E-state index contributed by atoms with van der Waals surface area (Å²) in [6.07, 6.45) is 0. The van der Waals surface area contributed by atoms with E-state index in [1.54, 1.807) is 0 Å². The van der Waals surface area contributed by atoms with Crippen LogP contribution in [0.5, 0.6) is 0 Å². The van der Waals surface area contributed by atoms with Crippen LogP contribution in [0, 0.1) is 0 Å². The maximum atomic E-state index is 11.9. The third-order valence-corrected chi connectivity index (χ3v) is 4.00. The molecule has 0 aromatic heterocycles. The minimum Gasteiger partial charge on any atom is -1.00 e. The van der Waals surface area contributed by atoms with Crippen LogP contribution in [0.25, 0.3) is 10.8 Å². The van der Waals surface area contributed by atoms with Gasteiger partial charge in [0.25, 0.3) is 10.1 Å². The number of carbonyl (C=O) groups is 2. The molecule has 9 heteroatoms. The minimum atomic E-state index is -4.53. The number of hydrogen-bond donors (Lipinski definition) is 1. The van der Waals surface area contributed by atoms with Crippen LogP contribution in [0.15, 0.2) is 35.2 Å². The van der Waals surface area contributed by atoms with Crippen molar-refractivity contribution in [2.75, 3.05) is 14.2 Å². The number of ether oxygens (including phenoxy) is 2. The minimum absolute atomic E-state index is 0. The van der Waals surface area contributed by atoms with Crippen molar-refractivity contribution in [1.29, 1.82) is 0 Å². The molecule has 0 aliphatic heterocycles. The van der Waals surface area contributed by atoms with Crippen LogP contribution in [-0.4, -0.2) is 39.1 Å². The summed E-state index contributed by atoms with van der Waals surface area (Å²) in [5.74, 6) is -1.49. The van der Waals surface area contributed by atoms with Crippen molar-refractivity contribution in [3.8, 4) is 0 Å². The Labute approximate surface area is 156 Å². The molecule has 0 amide bonds. The Bertz CT molecular complexity index is 858. The van der Waals surface area contributed by atoms with Crippen LogP contribution in [0.2, 0.25) is 0 Å². The number of benzene rings is 2. The Morgan fingerprint density at radius 1 is 1.00 bits per heavy atom. The first-order chi connectivity index (χ1) is 10.3. The third-order valence-electron chi connectivity index (χ3n) is 3.09. The zero-order chi connectivity index (χ0) is 16.5. The second kappa shape index (κ2) is 7.41. The molecule has 0 bridgehead atoms. The van der Waals surface area contributed by atoms with Gasteiger partial charge in [0.05, 0.1) is 25.3 Å². The van der Waals surface area contributed by atoms with E-state index in [0.29, 0.717) is 0 Å². The van der Waals surface area contributed by atoms with Crippen molar-refractivity contribution >= 4 is 32.8 Å². The summed E-state index contributed by atoms with van der Waals surface area (Å²) in [5, 5.41) is 0.0598. The number of methoxy groups -OCH3 is 2. The predicted molar refractivity (Wildman–Crippen MR) is 77.6 cm³/mol. The molecule has 0 spiro atoms. The molecule has 0 aliphatic carbocycles. The zero-order valence-electron chi connectivity index (χ0n) is 13.7. The van der Waals surface area contributed by atoms with Crippen LogP contribution in [0.3, 0.4) is 0 Å². The molecule has 0 aliphatic rings. The summed E-state index contributed by atoms with van der Waals surface area (Å²) in [7, 11) is -2.22. The fourth-order valence-corrected chi connectivity index (χ4v) is 2.85. The van der Waals surface area contributed by atoms with Crippen LogP contribution in [0.1, 0.15) is 22.1 Å². The first-order valence-electron chi connectivity index (χ1n) is 6.01. The quantitative estimate of drug-likeness (QED) is 0.421. The molecule has 0 heterocycles. The van der Waals surface area contributed by atoms with E-state index in [9.17, 15) is 22.6 Å². The standard InChI is InChI=1S/C14H12O7S.Na.H/c1-20-13(15)9-5-3-4-8-11(22(17,18)19)7-6-10(12(8)9)14(16)21-2;;/h3-7H,1-2H3,(H,17,18,19);;/q;+1;-1. The van der Waals surface area contributed by atoms with Gasteiger partial charge in [-0.1, -0.05) is 12.1 Å². The van der Waals surface area contributed by atoms with E-state index in [0.717, 1.165) is 20.3 Å². The molecule has 0 radical (unpaired) electrons. The Morgan fingerprint density at radius 3 is 2.00 bits per heavy atom. The molecule has 0 unspecified atom stereocenters. The molecular weight excluding hydrogens is 335 g/mol. The Kier molecular flexibility index (Phi) is 6.32. The largest absolute Gasteiger partial charge is 1.00 e. The SMILES string of the molecule is COC(=O)c1cccc2c(S(=O)(=O)O)ccc(C(=O)OC)c12.[H-].[Na+]. The van der Waals surface area contributed by atoms with Gasteiger partial charge in [0.1, 0.15) is 4.90 Å². The van der Waals surface area contributed by atoms with E-state index in [-0.39, 0.29) is 52.9 Å². The average Bonchev–Trinajstić information content (AvgIpc) is 2.50. The summed E-state index contributed by atoms with van der Waals surface area (Å²) in [5.41, 5.74) is -0.0169. The molecule has 2 rings (SSSR count). The van der Waals surface area contributed by atoms with Gasteiger partial charge in [-0.05, 0) is 18.2 Å². The molecule has 23 heavy (non-hydrogen) atoms. The van der Waals surface area contributed by atoms with Gasteiger partial charge in [0, 0.05) is 10.8 Å². The van der Waals surface area contributed by atoms with Crippen molar-refractivity contribution in [1.82, 2.24) is 0 Å². The van der Waals surface area contributed by atoms with Crippen LogP contribution < -0.4 is 29.6 Å². The number of esters is 2. The fraction of sp³-hybridized carbons (Fsp3) is 0.143. The van der Waals surface area contributed by atoms with Crippen molar-refractivity contribution in [2.24, 2.45) is 0 Å². The summed E-state index contributed by atoms with van der Waals surface area (Å²) in [6.45, 7) is 0. The normalized spacial score (nSPS) is 10.7. The second-order valence-electron chi connectivity index (χ2n) is 4.30. The van der Waals surface area contributed by atoms with E-state index in [1.165, 1.54) is 24.3 Å². The van der Waals surface area contributed by atoms with Gasteiger partial charge in [-0.25, -0.2) is 9.59 Å². The van der Waals surface area contributed by atoms with E-state index in [1.807, 2.05) is 0 Å². The van der Waals surface area contributed by atoms with Gasteiger partial charge < -0.3 is 10.9 Å². The molecule has 0 saturated carbocycles. The van der Waals surface area contributed by atoms with Gasteiger partial charge in [-0.3, -0.25) is 4.55 Å². The van der Waals surface area contributed by atoms with Gasteiger partial charge in [-0.2, -0.15) is 8.42 Å². The molecule has 0 atom stereocenters. The van der Waals surface area contributed by atoms with Gasteiger partial charge in [-0.15, -0.1) is 0 Å². The van der Waals surface area contributed by atoms with Crippen molar-refractivity contribution in [3.63, 3.8) is 0 Å². The van der Waals surface area contributed by atoms with Crippen molar-refractivity contribution in [2.45, 2.75) is 4.90 Å². The Morgan fingerprint density at radius 2 is 1.52 bits per heavy atom. The zero-order valence-corrected chi connectivity index (χ0v) is 15.5. The Hall–Kier alpha value is -1.45. The number of rotatable bonds is 3. The average molecular weight is 348 g/mol. The van der Waals surface area contributed by atoms with Crippen LogP contribution in [0.4, 0.5) is 0 Å². The third kappa shape index (κ3) is 3.73. The number of hydrogen-bond acceptors (Lipinski definition) is 6. The molecule has 1 N–H and O–H groups in total. The molecule has 0 fully saturated rings. The van der Waals surface area contributed by atoms with Crippen molar-refractivity contribution < 1.29 is 63.0 Å². The molecule has 2 aromatic carbocycles. The maximum absolute atomic E-state index is 11.9. The van der Waals surface area contributed by atoms with Crippen molar-refractivity contribution in [3.05, 3.63) is 41.5 Å². The topological polar surface area (TPSA) is 107 Å². The summed E-state index contributed by atoms with van der Waals surface area (Å²) in [6, 6.07) is 6.42. The Balaban J connectivity index is 0.00000264. The molecule has 118 valence electrons. The summed E-state index contributed by atoms with van der Waals surface area (Å²) in [4.78, 5) is 23.3. The van der Waals surface area contributed by atoms with E-state index < -0.39 is 27.0 Å². The molecule has 7 nitrogen and oxygen atoms in total. The van der Waals surface area contributed by atoms with Crippen LogP contribution in [-0.2, 0) is 19.6 Å². The smallest absolute Gasteiger partial charge is 1.00 e. The van der Waals surface area contributed by atoms with E-state index in [4.69, 9.17) is 0 Å². The summed E-state index contributed by atoms with van der Waals surface area (Å²) < 4.78 is 41.5. The predicted octanol–water partition coefficient (Wildman–Crippen LogP) is -1.22.